The fraction of sp³-hybridized carbons (Fsp3) is 0.0588. The normalized spacial score (nSPS) is 11.8. The van der Waals surface area contributed by atoms with E-state index in [-0.39, 0.29) is 0 Å². The highest BCUT2D eigenvalue weighted by Crippen LogP contribution is 2.45. The number of nitrogens with zero attached hydrogens (tertiary/aromatic N) is 2. The molecular formula is C34H26N2S2. The van der Waals surface area contributed by atoms with Crippen LogP contribution in [0, 0.1) is 13.8 Å². The maximum Gasteiger partial charge on any atom is 0.0353 e. The number of pyridine rings is 2. The van der Waals surface area contributed by atoms with Gasteiger partial charge in [0.25, 0.3) is 0 Å². The van der Waals surface area contributed by atoms with Crippen LogP contribution in [0.3, 0.4) is 0 Å². The van der Waals surface area contributed by atoms with Crippen molar-refractivity contribution in [1.29, 1.82) is 0 Å². The van der Waals surface area contributed by atoms with Crippen LogP contribution in [0.2, 0.25) is 0 Å². The molecule has 0 radical (unpaired) electrons. The number of aryl methyl sites for hydroxylation is 2. The van der Waals surface area contributed by atoms with Crippen LogP contribution in [0.4, 0.5) is 0 Å². The monoisotopic (exact) mass is 526 g/mol. The first-order chi connectivity index (χ1) is 18.7. The van der Waals surface area contributed by atoms with E-state index in [2.05, 4.69) is 121 Å². The number of benzene rings is 2. The molecule has 4 heteroatoms. The van der Waals surface area contributed by atoms with E-state index in [1.165, 1.54) is 64.0 Å². The zero-order valence-electron chi connectivity index (χ0n) is 21.3. The average molecular weight is 527 g/mol. The molecule has 0 aliphatic rings. The Kier molecular flexibility index (Phi) is 6.82. The molecule has 6 aromatic rings. The molecule has 38 heavy (non-hydrogen) atoms. The second kappa shape index (κ2) is 10.7. The Bertz CT molecular complexity index is 1570. The van der Waals surface area contributed by atoms with Crippen molar-refractivity contribution in [1.82, 2.24) is 9.97 Å². The molecule has 2 nitrogen and oxygen atoms in total. The molecule has 4 aromatic heterocycles. The minimum absolute atomic E-state index is 1.19. The highest BCUT2D eigenvalue weighted by Gasteiger charge is 2.22. The summed E-state index contributed by atoms with van der Waals surface area (Å²) in [6.45, 7) is 4.47. The van der Waals surface area contributed by atoms with Crippen LogP contribution in [-0.2, 0) is 0 Å². The van der Waals surface area contributed by atoms with Gasteiger partial charge in [0, 0.05) is 44.3 Å². The van der Waals surface area contributed by atoms with E-state index in [4.69, 9.17) is 0 Å². The molecule has 0 saturated heterocycles. The third-order valence-corrected chi connectivity index (χ3v) is 8.88. The molecule has 0 aliphatic carbocycles. The topological polar surface area (TPSA) is 25.8 Å². The third-order valence-electron chi connectivity index (χ3n) is 6.68. The molecule has 0 fully saturated rings. The van der Waals surface area contributed by atoms with E-state index < -0.39 is 0 Å². The number of rotatable bonds is 6. The van der Waals surface area contributed by atoms with Crippen molar-refractivity contribution in [2.45, 2.75) is 13.8 Å². The molecule has 0 saturated carbocycles. The van der Waals surface area contributed by atoms with Crippen LogP contribution < -0.4 is 0 Å². The molecule has 6 rings (SSSR count). The fourth-order valence-corrected chi connectivity index (χ4v) is 6.92. The van der Waals surface area contributed by atoms with E-state index in [0.717, 1.165) is 0 Å². The lowest BCUT2D eigenvalue weighted by Gasteiger charge is -2.17. The highest BCUT2D eigenvalue weighted by molar-refractivity contribution is 7.16. The van der Waals surface area contributed by atoms with E-state index >= 15 is 0 Å². The number of hydrogen-bond acceptors (Lipinski definition) is 4. The molecule has 0 N–H and O–H groups in total. The minimum atomic E-state index is 1.19. The van der Waals surface area contributed by atoms with Gasteiger partial charge in [-0.25, -0.2) is 0 Å². The van der Waals surface area contributed by atoms with Crippen molar-refractivity contribution in [2.75, 3.05) is 0 Å². The van der Waals surface area contributed by atoms with Gasteiger partial charge in [-0.1, -0.05) is 60.7 Å². The Morgan fingerprint density at radius 1 is 0.500 bits per heavy atom. The van der Waals surface area contributed by atoms with Crippen molar-refractivity contribution in [2.24, 2.45) is 0 Å². The highest BCUT2D eigenvalue weighted by atomic mass is 32.1. The SMILES string of the molecule is Cc1sc(-c2ccncc2)cc1/C(=C(\c1ccccc1)c1cc(-c2ccncc2)sc1C)c1ccccc1. The smallest absolute Gasteiger partial charge is 0.0353 e. The lowest BCUT2D eigenvalue weighted by molar-refractivity contribution is 1.33. The second-order valence-electron chi connectivity index (χ2n) is 9.11. The van der Waals surface area contributed by atoms with Crippen LogP contribution in [0.25, 0.3) is 32.0 Å². The molecule has 0 spiro atoms. The summed E-state index contributed by atoms with van der Waals surface area (Å²) in [5.74, 6) is 0. The maximum absolute atomic E-state index is 4.22. The van der Waals surface area contributed by atoms with Gasteiger partial charge in [0.2, 0.25) is 0 Å². The predicted octanol–water partition coefficient (Wildman–Crippen LogP) is 9.56. The van der Waals surface area contributed by atoms with Crippen molar-refractivity contribution in [3.8, 4) is 20.9 Å². The summed E-state index contributed by atoms with van der Waals surface area (Å²) >= 11 is 3.68. The standard InChI is InChI=1S/C34H26N2S2/c1-23-29(21-31(37-23)25-13-17-35-18-14-25)33(27-9-5-3-6-10-27)34(28-11-7-4-8-12-28)30-22-32(38-24(30)2)26-15-19-36-20-16-26/h3-22H,1-2H3/b34-33+. The van der Waals surface area contributed by atoms with Gasteiger partial charge in [0.1, 0.15) is 0 Å². The van der Waals surface area contributed by atoms with Gasteiger partial charge in [0.15, 0.2) is 0 Å². The third kappa shape index (κ3) is 4.76. The first-order valence-corrected chi connectivity index (χ1v) is 14.2. The average Bonchev–Trinajstić information content (AvgIpc) is 3.55. The van der Waals surface area contributed by atoms with Crippen LogP contribution in [0.15, 0.2) is 122 Å². The summed E-state index contributed by atoms with van der Waals surface area (Å²) in [5, 5.41) is 0. The molecular weight excluding hydrogens is 501 g/mol. The number of hydrogen-bond donors (Lipinski definition) is 0. The molecule has 0 unspecified atom stereocenters. The van der Waals surface area contributed by atoms with E-state index in [1.807, 2.05) is 47.5 Å². The molecule has 2 aromatic carbocycles. The van der Waals surface area contributed by atoms with Crippen LogP contribution in [0.5, 0.6) is 0 Å². The van der Waals surface area contributed by atoms with Gasteiger partial charge in [-0.3, -0.25) is 9.97 Å². The van der Waals surface area contributed by atoms with Gasteiger partial charge >= 0.3 is 0 Å². The van der Waals surface area contributed by atoms with Crippen molar-refractivity contribution >= 4 is 33.8 Å². The largest absolute Gasteiger partial charge is 0.265 e. The summed E-state index contributed by atoms with van der Waals surface area (Å²) in [6, 6.07) is 34.7. The van der Waals surface area contributed by atoms with E-state index in [9.17, 15) is 0 Å². The Morgan fingerprint density at radius 2 is 0.868 bits per heavy atom. The summed E-state index contributed by atoms with van der Waals surface area (Å²) in [4.78, 5) is 13.5. The first-order valence-electron chi connectivity index (χ1n) is 12.6. The Balaban J connectivity index is 1.66. The quantitative estimate of drug-likeness (QED) is 0.202. The zero-order valence-corrected chi connectivity index (χ0v) is 22.9. The fourth-order valence-electron chi connectivity index (χ4n) is 4.86. The second-order valence-corrected chi connectivity index (χ2v) is 11.6. The van der Waals surface area contributed by atoms with E-state index in [0.29, 0.717) is 0 Å². The van der Waals surface area contributed by atoms with Gasteiger partial charge in [0.05, 0.1) is 0 Å². The Hall–Kier alpha value is -4.12. The maximum atomic E-state index is 4.22. The first kappa shape index (κ1) is 24.2. The summed E-state index contributed by atoms with van der Waals surface area (Å²) < 4.78 is 0. The van der Waals surface area contributed by atoms with Crippen LogP contribution in [0.1, 0.15) is 32.0 Å². The van der Waals surface area contributed by atoms with Gasteiger partial charge < -0.3 is 0 Å². The van der Waals surface area contributed by atoms with Gasteiger partial charge in [-0.2, -0.15) is 0 Å². The Morgan fingerprint density at radius 3 is 1.24 bits per heavy atom. The summed E-state index contributed by atoms with van der Waals surface area (Å²) in [6.07, 6.45) is 7.46. The molecule has 184 valence electrons. The zero-order chi connectivity index (χ0) is 25.9. The lowest BCUT2D eigenvalue weighted by atomic mass is 9.85. The van der Waals surface area contributed by atoms with E-state index in [1.54, 1.807) is 0 Å². The lowest BCUT2D eigenvalue weighted by Crippen LogP contribution is -1.97. The molecule has 0 aliphatic heterocycles. The van der Waals surface area contributed by atoms with Gasteiger partial charge in [-0.05, 0) is 94.8 Å². The predicted molar refractivity (Wildman–Crippen MR) is 162 cm³/mol. The summed E-state index contributed by atoms with van der Waals surface area (Å²) in [7, 11) is 0. The number of aromatic nitrogens is 2. The minimum Gasteiger partial charge on any atom is -0.265 e. The molecule has 4 heterocycles. The van der Waals surface area contributed by atoms with Crippen LogP contribution >= 0.6 is 22.7 Å². The van der Waals surface area contributed by atoms with Crippen LogP contribution in [-0.4, -0.2) is 9.97 Å². The van der Waals surface area contributed by atoms with Crippen molar-refractivity contribution in [3.63, 3.8) is 0 Å². The van der Waals surface area contributed by atoms with Crippen molar-refractivity contribution in [3.05, 3.63) is 154 Å². The molecule has 0 atom stereocenters. The number of thiophene rings is 2. The molecule has 0 amide bonds. The summed E-state index contributed by atoms with van der Waals surface area (Å²) in [5.41, 5.74) is 9.86. The van der Waals surface area contributed by atoms with Gasteiger partial charge in [-0.15, -0.1) is 22.7 Å². The van der Waals surface area contributed by atoms with Crippen molar-refractivity contribution < 1.29 is 0 Å². The Labute approximate surface area is 231 Å². The molecule has 0 bridgehead atoms.